The lowest BCUT2D eigenvalue weighted by Crippen LogP contribution is -2.03. The molecular formula is C16H20N2. The van der Waals surface area contributed by atoms with Gasteiger partial charge >= 0.3 is 0 Å². The van der Waals surface area contributed by atoms with E-state index in [-0.39, 0.29) is 0 Å². The van der Waals surface area contributed by atoms with Gasteiger partial charge in [-0.15, -0.1) is 0 Å². The predicted molar refractivity (Wildman–Crippen MR) is 78.3 cm³/mol. The summed E-state index contributed by atoms with van der Waals surface area (Å²) < 4.78 is 0. The summed E-state index contributed by atoms with van der Waals surface area (Å²) in [6.45, 7) is 2.29. The number of H-pyrrole nitrogens is 1. The Hall–Kier alpha value is -1.70. The minimum Gasteiger partial charge on any atom is -0.399 e. The number of aromatic amines is 1. The lowest BCUT2D eigenvalue weighted by atomic mass is 9.85. The van der Waals surface area contributed by atoms with Crippen LogP contribution < -0.4 is 5.73 Å². The zero-order valence-electron chi connectivity index (χ0n) is 10.9. The third kappa shape index (κ3) is 1.92. The van der Waals surface area contributed by atoms with E-state index in [1.165, 1.54) is 42.2 Å². The van der Waals surface area contributed by atoms with Crippen LogP contribution in [0, 0.1) is 5.92 Å². The molecule has 0 radical (unpaired) electrons. The lowest BCUT2D eigenvalue weighted by Gasteiger charge is -2.20. The quantitative estimate of drug-likeness (QED) is 0.753. The molecule has 0 saturated carbocycles. The first-order valence-electron chi connectivity index (χ1n) is 6.84. The average Bonchev–Trinajstić information content (AvgIpc) is 2.81. The minimum absolute atomic E-state index is 0.819. The van der Waals surface area contributed by atoms with Gasteiger partial charge < -0.3 is 10.7 Å². The lowest BCUT2D eigenvalue weighted by molar-refractivity contribution is 0.471. The number of rotatable bonds is 2. The Kier molecular flexibility index (Phi) is 2.86. The van der Waals surface area contributed by atoms with Gasteiger partial charge in [0.15, 0.2) is 0 Å². The molecule has 0 fully saturated rings. The minimum atomic E-state index is 0.819. The number of nitrogens with one attached hydrogen (secondary N) is 1. The first-order chi connectivity index (χ1) is 8.78. The van der Waals surface area contributed by atoms with Crippen molar-refractivity contribution in [3.05, 3.63) is 36.0 Å². The molecular weight excluding hydrogens is 220 g/mol. The van der Waals surface area contributed by atoms with Gasteiger partial charge in [-0.05, 0) is 42.9 Å². The number of hydrogen-bond acceptors (Lipinski definition) is 1. The highest BCUT2D eigenvalue weighted by molar-refractivity contribution is 5.94. The molecule has 1 heterocycles. The first kappa shape index (κ1) is 11.4. The molecule has 0 aliphatic heterocycles. The van der Waals surface area contributed by atoms with E-state index in [2.05, 4.69) is 30.2 Å². The second-order valence-electron chi connectivity index (χ2n) is 5.29. The zero-order chi connectivity index (χ0) is 12.5. The van der Waals surface area contributed by atoms with E-state index in [0.29, 0.717) is 0 Å². The summed E-state index contributed by atoms with van der Waals surface area (Å²) in [5.41, 5.74) is 10.6. The predicted octanol–water partition coefficient (Wildman–Crippen LogP) is 4.34. The molecule has 1 aromatic heterocycles. The molecule has 94 valence electrons. The van der Waals surface area contributed by atoms with Crippen LogP contribution in [-0.2, 0) is 0 Å². The molecule has 0 spiro atoms. The van der Waals surface area contributed by atoms with E-state index in [1.807, 2.05) is 12.1 Å². The molecule has 0 amide bonds. The first-order valence-corrected chi connectivity index (χ1v) is 6.84. The van der Waals surface area contributed by atoms with Crippen LogP contribution in [0.1, 0.15) is 38.2 Å². The van der Waals surface area contributed by atoms with Gasteiger partial charge in [0.1, 0.15) is 0 Å². The van der Waals surface area contributed by atoms with Gasteiger partial charge in [0.25, 0.3) is 0 Å². The van der Waals surface area contributed by atoms with Gasteiger partial charge in [-0.3, -0.25) is 0 Å². The highest BCUT2D eigenvalue weighted by Gasteiger charge is 2.16. The SMILES string of the molecule is CCC1CC=C(c2c[nH]c3cc(N)ccc23)CC1. The van der Waals surface area contributed by atoms with Gasteiger partial charge in [-0.25, -0.2) is 0 Å². The number of fused-ring (bicyclic) bond motifs is 1. The summed E-state index contributed by atoms with van der Waals surface area (Å²) in [5, 5.41) is 1.30. The fourth-order valence-electron chi connectivity index (χ4n) is 2.91. The number of nitrogen functional groups attached to an aromatic ring is 1. The van der Waals surface area contributed by atoms with Crippen molar-refractivity contribution in [2.24, 2.45) is 5.92 Å². The number of allylic oxidation sites excluding steroid dienone is 2. The number of nitrogens with two attached hydrogens (primary N) is 1. The Morgan fingerprint density at radius 1 is 1.39 bits per heavy atom. The van der Waals surface area contributed by atoms with E-state index in [9.17, 15) is 0 Å². The van der Waals surface area contributed by atoms with Crippen LogP contribution in [0.2, 0.25) is 0 Å². The number of benzene rings is 1. The molecule has 0 saturated heterocycles. The average molecular weight is 240 g/mol. The van der Waals surface area contributed by atoms with Crippen LogP contribution in [0.25, 0.3) is 16.5 Å². The summed E-state index contributed by atoms with van der Waals surface area (Å²) in [4.78, 5) is 3.33. The van der Waals surface area contributed by atoms with Crippen molar-refractivity contribution in [1.82, 2.24) is 4.98 Å². The van der Waals surface area contributed by atoms with Crippen molar-refractivity contribution >= 4 is 22.2 Å². The topological polar surface area (TPSA) is 41.8 Å². The second kappa shape index (κ2) is 4.52. The van der Waals surface area contributed by atoms with Crippen LogP contribution in [-0.4, -0.2) is 4.98 Å². The normalized spacial score (nSPS) is 20.1. The molecule has 1 aromatic carbocycles. The van der Waals surface area contributed by atoms with Crippen molar-refractivity contribution in [3.8, 4) is 0 Å². The fourth-order valence-corrected chi connectivity index (χ4v) is 2.91. The Morgan fingerprint density at radius 2 is 2.28 bits per heavy atom. The van der Waals surface area contributed by atoms with Crippen molar-refractivity contribution in [3.63, 3.8) is 0 Å². The monoisotopic (exact) mass is 240 g/mol. The molecule has 1 aliphatic carbocycles. The molecule has 0 bridgehead atoms. The summed E-state index contributed by atoms with van der Waals surface area (Å²) in [6, 6.07) is 6.12. The highest BCUT2D eigenvalue weighted by Crippen LogP contribution is 2.35. The van der Waals surface area contributed by atoms with Crippen LogP contribution in [0.3, 0.4) is 0 Å². The van der Waals surface area contributed by atoms with Crippen molar-refractivity contribution in [2.45, 2.75) is 32.6 Å². The molecule has 2 heteroatoms. The van der Waals surface area contributed by atoms with Gasteiger partial charge in [0.05, 0.1) is 0 Å². The van der Waals surface area contributed by atoms with Crippen molar-refractivity contribution < 1.29 is 0 Å². The molecule has 1 aliphatic rings. The van der Waals surface area contributed by atoms with E-state index < -0.39 is 0 Å². The van der Waals surface area contributed by atoms with E-state index in [4.69, 9.17) is 5.73 Å². The summed E-state index contributed by atoms with van der Waals surface area (Å²) in [5.74, 6) is 0.884. The summed E-state index contributed by atoms with van der Waals surface area (Å²) in [7, 11) is 0. The fraction of sp³-hybridized carbons (Fsp3) is 0.375. The molecule has 1 unspecified atom stereocenters. The van der Waals surface area contributed by atoms with Gasteiger partial charge in [0, 0.05) is 28.4 Å². The van der Waals surface area contributed by atoms with Crippen molar-refractivity contribution in [2.75, 3.05) is 5.73 Å². The smallest absolute Gasteiger partial charge is 0.0480 e. The Labute approximate surface area is 108 Å². The van der Waals surface area contributed by atoms with Crippen LogP contribution in [0.15, 0.2) is 30.5 Å². The van der Waals surface area contributed by atoms with Crippen LogP contribution in [0.5, 0.6) is 0 Å². The molecule has 3 rings (SSSR count). The zero-order valence-corrected chi connectivity index (χ0v) is 10.9. The van der Waals surface area contributed by atoms with Crippen LogP contribution >= 0.6 is 0 Å². The van der Waals surface area contributed by atoms with E-state index in [1.54, 1.807) is 0 Å². The number of aromatic nitrogens is 1. The summed E-state index contributed by atoms with van der Waals surface area (Å²) >= 11 is 0. The number of hydrogen-bond donors (Lipinski definition) is 2. The third-order valence-electron chi connectivity index (χ3n) is 4.15. The van der Waals surface area contributed by atoms with E-state index >= 15 is 0 Å². The van der Waals surface area contributed by atoms with Crippen molar-refractivity contribution in [1.29, 1.82) is 0 Å². The third-order valence-corrected chi connectivity index (χ3v) is 4.15. The standard InChI is InChI=1S/C16H20N2/c1-2-11-3-5-12(6-4-11)15-10-18-16-9-13(17)7-8-14(15)16/h5,7-11,18H,2-4,6,17H2,1H3. The molecule has 18 heavy (non-hydrogen) atoms. The molecule has 2 nitrogen and oxygen atoms in total. The highest BCUT2D eigenvalue weighted by atomic mass is 14.7. The second-order valence-corrected chi connectivity index (χ2v) is 5.29. The maximum Gasteiger partial charge on any atom is 0.0480 e. The van der Waals surface area contributed by atoms with Gasteiger partial charge in [-0.1, -0.05) is 25.5 Å². The summed E-state index contributed by atoms with van der Waals surface area (Å²) in [6.07, 6.45) is 9.61. The van der Waals surface area contributed by atoms with Gasteiger partial charge in [0.2, 0.25) is 0 Å². The van der Waals surface area contributed by atoms with Gasteiger partial charge in [-0.2, -0.15) is 0 Å². The molecule has 3 N–H and O–H groups in total. The number of anilines is 1. The molecule has 1 atom stereocenters. The maximum absolute atomic E-state index is 5.81. The Balaban J connectivity index is 1.98. The Morgan fingerprint density at radius 3 is 3.00 bits per heavy atom. The Bertz CT molecular complexity index is 592. The molecule has 2 aromatic rings. The van der Waals surface area contributed by atoms with E-state index in [0.717, 1.165) is 17.1 Å². The van der Waals surface area contributed by atoms with Crippen LogP contribution in [0.4, 0.5) is 5.69 Å². The maximum atomic E-state index is 5.81. The largest absolute Gasteiger partial charge is 0.399 e.